The van der Waals surface area contributed by atoms with E-state index in [0.717, 1.165) is 0 Å². The Balaban J connectivity index is 2.74. The SMILES string of the molecule is COC(=O)C(Cl)c1ccc(OC(F)F)cc1. The molecule has 1 rings (SSSR count). The molecule has 0 heterocycles. The van der Waals surface area contributed by atoms with E-state index >= 15 is 0 Å². The number of alkyl halides is 3. The van der Waals surface area contributed by atoms with Crippen LogP contribution < -0.4 is 4.74 Å². The topological polar surface area (TPSA) is 35.5 Å². The Morgan fingerprint density at radius 3 is 2.31 bits per heavy atom. The Labute approximate surface area is 95.9 Å². The third-order valence-corrected chi connectivity index (χ3v) is 2.24. The van der Waals surface area contributed by atoms with Crippen LogP contribution >= 0.6 is 11.6 Å². The van der Waals surface area contributed by atoms with Crippen molar-refractivity contribution in [3.05, 3.63) is 29.8 Å². The van der Waals surface area contributed by atoms with E-state index in [-0.39, 0.29) is 5.75 Å². The van der Waals surface area contributed by atoms with E-state index < -0.39 is 18.0 Å². The largest absolute Gasteiger partial charge is 0.468 e. The summed E-state index contributed by atoms with van der Waals surface area (Å²) >= 11 is 5.75. The third kappa shape index (κ3) is 3.34. The fraction of sp³-hybridized carbons (Fsp3) is 0.300. The van der Waals surface area contributed by atoms with Crippen LogP contribution in [-0.4, -0.2) is 19.7 Å². The molecule has 1 aromatic carbocycles. The van der Waals surface area contributed by atoms with Crippen molar-refractivity contribution in [2.75, 3.05) is 7.11 Å². The molecule has 6 heteroatoms. The molecule has 0 aliphatic carbocycles. The maximum Gasteiger partial charge on any atom is 0.387 e. The van der Waals surface area contributed by atoms with Gasteiger partial charge in [-0.15, -0.1) is 11.6 Å². The second kappa shape index (κ2) is 5.65. The van der Waals surface area contributed by atoms with Crippen molar-refractivity contribution >= 4 is 17.6 Å². The molecule has 0 bridgehead atoms. The van der Waals surface area contributed by atoms with E-state index in [0.29, 0.717) is 5.56 Å². The molecule has 1 unspecified atom stereocenters. The van der Waals surface area contributed by atoms with E-state index in [4.69, 9.17) is 11.6 Å². The zero-order valence-corrected chi connectivity index (χ0v) is 9.08. The highest BCUT2D eigenvalue weighted by molar-refractivity contribution is 6.29. The maximum atomic E-state index is 11.8. The highest BCUT2D eigenvalue weighted by atomic mass is 35.5. The smallest absolute Gasteiger partial charge is 0.387 e. The molecule has 0 fully saturated rings. The van der Waals surface area contributed by atoms with Gasteiger partial charge in [-0.2, -0.15) is 8.78 Å². The Kier molecular flexibility index (Phi) is 4.49. The summed E-state index contributed by atoms with van der Waals surface area (Å²) in [5.41, 5.74) is 0.454. The second-order valence-corrected chi connectivity index (χ2v) is 3.27. The van der Waals surface area contributed by atoms with Crippen LogP contribution in [0.4, 0.5) is 8.78 Å². The fourth-order valence-corrected chi connectivity index (χ4v) is 1.29. The van der Waals surface area contributed by atoms with Gasteiger partial charge < -0.3 is 9.47 Å². The average Bonchev–Trinajstić information content (AvgIpc) is 2.27. The van der Waals surface area contributed by atoms with Crippen molar-refractivity contribution in [3.63, 3.8) is 0 Å². The van der Waals surface area contributed by atoms with Gasteiger partial charge in [-0.05, 0) is 17.7 Å². The molecule has 0 saturated carbocycles. The standard InChI is InChI=1S/C10H9ClF2O3/c1-15-9(14)8(11)6-2-4-7(5-3-6)16-10(12)13/h2-5,8,10H,1H3. The van der Waals surface area contributed by atoms with Crippen LogP contribution in [0.1, 0.15) is 10.9 Å². The molecule has 0 aliphatic heterocycles. The van der Waals surface area contributed by atoms with E-state index in [1.54, 1.807) is 0 Å². The summed E-state index contributed by atoms with van der Waals surface area (Å²) in [5, 5.41) is -0.953. The van der Waals surface area contributed by atoms with Gasteiger partial charge in [0.1, 0.15) is 5.75 Å². The highest BCUT2D eigenvalue weighted by Gasteiger charge is 2.18. The lowest BCUT2D eigenvalue weighted by molar-refractivity contribution is -0.140. The number of hydrogen-bond donors (Lipinski definition) is 0. The van der Waals surface area contributed by atoms with Gasteiger partial charge in [0.2, 0.25) is 0 Å². The Bertz CT molecular complexity index is 354. The number of methoxy groups -OCH3 is 1. The van der Waals surface area contributed by atoms with E-state index in [2.05, 4.69) is 9.47 Å². The van der Waals surface area contributed by atoms with Gasteiger partial charge in [-0.25, -0.2) is 0 Å². The number of carbonyl (C=O) groups is 1. The quantitative estimate of drug-likeness (QED) is 0.609. The van der Waals surface area contributed by atoms with Crippen molar-refractivity contribution in [3.8, 4) is 5.75 Å². The molecular formula is C10H9ClF2O3. The molecule has 0 N–H and O–H groups in total. The summed E-state index contributed by atoms with van der Waals surface area (Å²) < 4.78 is 32.3. The molecule has 3 nitrogen and oxygen atoms in total. The fourth-order valence-electron chi connectivity index (χ4n) is 1.06. The van der Waals surface area contributed by atoms with Crippen molar-refractivity contribution in [1.29, 1.82) is 0 Å². The van der Waals surface area contributed by atoms with E-state index in [1.807, 2.05) is 0 Å². The van der Waals surface area contributed by atoms with Gasteiger partial charge in [-0.3, -0.25) is 4.79 Å². The van der Waals surface area contributed by atoms with Crippen LogP contribution in [0.15, 0.2) is 24.3 Å². The number of ether oxygens (including phenoxy) is 2. The van der Waals surface area contributed by atoms with Crippen molar-refractivity contribution in [2.45, 2.75) is 12.0 Å². The molecular weight excluding hydrogens is 242 g/mol. The van der Waals surface area contributed by atoms with Crippen molar-refractivity contribution in [1.82, 2.24) is 0 Å². The molecule has 0 radical (unpaired) electrons. The van der Waals surface area contributed by atoms with Gasteiger partial charge in [-0.1, -0.05) is 12.1 Å². The summed E-state index contributed by atoms with van der Waals surface area (Å²) in [7, 11) is 1.21. The normalized spacial score (nSPS) is 12.3. The highest BCUT2D eigenvalue weighted by Crippen LogP contribution is 2.24. The summed E-state index contributed by atoms with van der Waals surface area (Å²) in [6.07, 6.45) is 0. The Morgan fingerprint density at radius 2 is 1.88 bits per heavy atom. The van der Waals surface area contributed by atoms with Gasteiger partial charge in [0, 0.05) is 0 Å². The third-order valence-electron chi connectivity index (χ3n) is 1.81. The molecule has 1 atom stereocenters. The molecule has 0 spiro atoms. The van der Waals surface area contributed by atoms with Gasteiger partial charge in [0.05, 0.1) is 7.11 Å². The first kappa shape index (κ1) is 12.7. The van der Waals surface area contributed by atoms with Gasteiger partial charge in [0.25, 0.3) is 0 Å². The van der Waals surface area contributed by atoms with E-state index in [1.165, 1.54) is 31.4 Å². The number of esters is 1. The Hall–Kier alpha value is -1.36. The summed E-state index contributed by atoms with van der Waals surface area (Å²) in [6.45, 7) is -2.88. The first-order valence-corrected chi connectivity index (χ1v) is 4.75. The lowest BCUT2D eigenvalue weighted by Crippen LogP contribution is -2.08. The number of carbonyl (C=O) groups excluding carboxylic acids is 1. The van der Waals surface area contributed by atoms with Gasteiger partial charge in [0.15, 0.2) is 5.38 Å². The van der Waals surface area contributed by atoms with E-state index in [9.17, 15) is 13.6 Å². The van der Waals surface area contributed by atoms with Crippen LogP contribution in [0.3, 0.4) is 0 Å². The Morgan fingerprint density at radius 1 is 1.31 bits per heavy atom. The molecule has 0 aromatic heterocycles. The van der Waals surface area contributed by atoms with Crippen molar-refractivity contribution < 1.29 is 23.0 Å². The zero-order chi connectivity index (χ0) is 12.1. The molecule has 16 heavy (non-hydrogen) atoms. The van der Waals surface area contributed by atoms with Crippen molar-refractivity contribution in [2.24, 2.45) is 0 Å². The van der Waals surface area contributed by atoms with Crippen LogP contribution in [0.5, 0.6) is 5.75 Å². The lowest BCUT2D eigenvalue weighted by Gasteiger charge is -2.08. The summed E-state index contributed by atoms with van der Waals surface area (Å²) in [5.74, 6) is -0.600. The number of hydrogen-bond acceptors (Lipinski definition) is 3. The summed E-state index contributed by atoms with van der Waals surface area (Å²) in [4.78, 5) is 11.1. The van der Waals surface area contributed by atoms with Crippen LogP contribution in [-0.2, 0) is 9.53 Å². The zero-order valence-electron chi connectivity index (χ0n) is 8.32. The predicted molar refractivity (Wildman–Crippen MR) is 53.7 cm³/mol. The minimum absolute atomic E-state index is 0.00693. The minimum Gasteiger partial charge on any atom is -0.468 e. The number of halogens is 3. The minimum atomic E-state index is -2.88. The molecule has 0 amide bonds. The monoisotopic (exact) mass is 250 g/mol. The maximum absolute atomic E-state index is 11.8. The average molecular weight is 251 g/mol. The predicted octanol–water partition coefficient (Wildman–Crippen LogP) is 2.74. The lowest BCUT2D eigenvalue weighted by atomic mass is 10.1. The first-order chi connectivity index (χ1) is 7.54. The van der Waals surface area contributed by atoms with Crippen LogP contribution in [0, 0.1) is 0 Å². The number of benzene rings is 1. The molecule has 1 aromatic rings. The van der Waals surface area contributed by atoms with Gasteiger partial charge >= 0.3 is 12.6 Å². The number of rotatable bonds is 4. The van der Waals surface area contributed by atoms with Crippen LogP contribution in [0.2, 0.25) is 0 Å². The first-order valence-electron chi connectivity index (χ1n) is 4.31. The molecule has 88 valence electrons. The van der Waals surface area contributed by atoms with Crippen LogP contribution in [0.25, 0.3) is 0 Å². The second-order valence-electron chi connectivity index (χ2n) is 2.83. The summed E-state index contributed by atoms with van der Waals surface area (Å²) in [6, 6.07) is 5.46. The molecule has 0 saturated heterocycles. The molecule has 0 aliphatic rings.